The van der Waals surface area contributed by atoms with Gasteiger partial charge < -0.3 is 14.7 Å². The number of piperidine rings is 1. The molecule has 0 radical (unpaired) electrons. The van der Waals surface area contributed by atoms with E-state index in [2.05, 4.69) is 40.1 Å². The Kier molecular flexibility index (Phi) is 3.32. The number of hydrogen-bond acceptors (Lipinski definition) is 2. The van der Waals surface area contributed by atoms with Crippen LogP contribution >= 0.6 is 0 Å². The number of likely N-dealkylation sites (N-methyl/N-ethyl adjacent to an activating group) is 1. The van der Waals surface area contributed by atoms with Crippen molar-refractivity contribution in [2.45, 2.75) is 18.9 Å². The molecule has 2 aliphatic heterocycles. The SMILES string of the molecule is CN1CCN(C2CCN(c3ccccc3)CC2)C1=O. The predicted molar refractivity (Wildman–Crippen MR) is 76.4 cm³/mol. The summed E-state index contributed by atoms with van der Waals surface area (Å²) in [5.41, 5.74) is 1.30. The van der Waals surface area contributed by atoms with Gasteiger partial charge in [-0.3, -0.25) is 0 Å². The lowest BCUT2D eigenvalue weighted by Crippen LogP contribution is -2.46. The van der Waals surface area contributed by atoms with Crippen molar-refractivity contribution in [3.63, 3.8) is 0 Å². The highest BCUT2D eigenvalue weighted by Gasteiger charge is 2.33. The topological polar surface area (TPSA) is 26.8 Å². The Morgan fingerprint density at radius 1 is 1.00 bits per heavy atom. The molecule has 4 heteroatoms. The first-order chi connectivity index (χ1) is 9.25. The minimum absolute atomic E-state index is 0.207. The van der Waals surface area contributed by atoms with Crippen LogP contribution in [0.5, 0.6) is 0 Å². The quantitative estimate of drug-likeness (QED) is 0.812. The van der Waals surface area contributed by atoms with E-state index in [-0.39, 0.29) is 6.03 Å². The average Bonchev–Trinajstić information content (AvgIpc) is 2.80. The van der Waals surface area contributed by atoms with Gasteiger partial charge in [-0.2, -0.15) is 0 Å². The molecule has 0 N–H and O–H groups in total. The van der Waals surface area contributed by atoms with Crippen LogP contribution in [0.25, 0.3) is 0 Å². The molecular formula is C15H21N3O. The number of urea groups is 1. The summed E-state index contributed by atoms with van der Waals surface area (Å²) in [7, 11) is 1.89. The van der Waals surface area contributed by atoms with Gasteiger partial charge in [0.15, 0.2) is 0 Å². The molecule has 0 unspecified atom stereocenters. The van der Waals surface area contributed by atoms with Crippen LogP contribution in [-0.4, -0.2) is 55.1 Å². The first-order valence-electron chi connectivity index (χ1n) is 7.07. The third-order valence-electron chi connectivity index (χ3n) is 4.28. The van der Waals surface area contributed by atoms with Gasteiger partial charge in [0, 0.05) is 45.0 Å². The maximum absolute atomic E-state index is 12.0. The van der Waals surface area contributed by atoms with E-state index in [0.29, 0.717) is 6.04 Å². The number of carbonyl (C=O) groups is 1. The van der Waals surface area contributed by atoms with Crippen molar-refractivity contribution in [3.05, 3.63) is 30.3 Å². The minimum atomic E-state index is 0.207. The van der Waals surface area contributed by atoms with Crippen molar-refractivity contribution in [1.29, 1.82) is 0 Å². The lowest BCUT2D eigenvalue weighted by molar-refractivity contribution is 0.173. The van der Waals surface area contributed by atoms with Crippen molar-refractivity contribution in [1.82, 2.24) is 9.80 Å². The molecular weight excluding hydrogens is 238 g/mol. The molecule has 0 aliphatic carbocycles. The zero-order chi connectivity index (χ0) is 13.2. The molecule has 0 aromatic heterocycles. The minimum Gasteiger partial charge on any atom is -0.371 e. The van der Waals surface area contributed by atoms with E-state index in [4.69, 9.17) is 0 Å². The first kappa shape index (κ1) is 12.3. The molecule has 102 valence electrons. The summed E-state index contributed by atoms with van der Waals surface area (Å²) in [6.07, 6.45) is 2.16. The maximum Gasteiger partial charge on any atom is 0.320 e. The monoisotopic (exact) mass is 259 g/mol. The third kappa shape index (κ3) is 2.39. The number of rotatable bonds is 2. The van der Waals surface area contributed by atoms with Crippen LogP contribution in [0.1, 0.15) is 12.8 Å². The fourth-order valence-electron chi connectivity index (χ4n) is 3.08. The van der Waals surface area contributed by atoms with Crippen molar-refractivity contribution < 1.29 is 4.79 Å². The van der Waals surface area contributed by atoms with Gasteiger partial charge >= 0.3 is 6.03 Å². The highest BCUT2D eigenvalue weighted by Crippen LogP contribution is 2.24. The third-order valence-corrected chi connectivity index (χ3v) is 4.28. The van der Waals surface area contributed by atoms with Gasteiger partial charge in [0.2, 0.25) is 0 Å². The summed E-state index contributed by atoms with van der Waals surface area (Å²) in [5, 5.41) is 0. The van der Waals surface area contributed by atoms with E-state index in [1.807, 2.05) is 11.9 Å². The molecule has 1 aromatic rings. The van der Waals surface area contributed by atoms with E-state index < -0.39 is 0 Å². The molecule has 2 aliphatic rings. The van der Waals surface area contributed by atoms with Gasteiger partial charge in [-0.1, -0.05) is 18.2 Å². The number of nitrogens with zero attached hydrogens (tertiary/aromatic N) is 3. The van der Waals surface area contributed by atoms with Crippen molar-refractivity contribution in [2.24, 2.45) is 0 Å². The Labute approximate surface area is 114 Å². The van der Waals surface area contributed by atoms with Crippen molar-refractivity contribution >= 4 is 11.7 Å². The largest absolute Gasteiger partial charge is 0.371 e. The molecule has 0 bridgehead atoms. The van der Waals surface area contributed by atoms with E-state index in [1.54, 1.807) is 0 Å². The summed E-state index contributed by atoms with van der Waals surface area (Å²) in [5.74, 6) is 0. The fourth-order valence-corrected chi connectivity index (χ4v) is 3.08. The number of para-hydroxylation sites is 1. The smallest absolute Gasteiger partial charge is 0.320 e. The normalized spacial score (nSPS) is 21.3. The summed E-state index contributed by atoms with van der Waals surface area (Å²) in [6.45, 7) is 3.85. The Hall–Kier alpha value is -1.71. The number of carbonyl (C=O) groups excluding carboxylic acids is 1. The predicted octanol–water partition coefficient (Wildman–Crippen LogP) is 2.02. The zero-order valence-electron chi connectivity index (χ0n) is 11.5. The molecule has 1 aromatic carbocycles. The fraction of sp³-hybridized carbons (Fsp3) is 0.533. The Balaban J connectivity index is 1.60. The molecule has 2 heterocycles. The standard InChI is InChI=1S/C15H21N3O/c1-16-11-12-18(15(16)19)14-7-9-17(10-8-14)13-5-3-2-4-6-13/h2-6,14H,7-12H2,1H3. The van der Waals surface area contributed by atoms with Crippen LogP contribution in [0.4, 0.5) is 10.5 Å². The first-order valence-corrected chi connectivity index (χ1v) is 7.07. The van der Waals surface area contributed by atoms with E-state index in [9.17, 15) is 4.79 Å². The number of anilines is 1. The van der Waals surface area contributed by atoms with Gasteiger partial charge in [0.25, 0.3) is 0 Å². The second-order valence-corrected chi connectivity index (χ2v) is 5.45. The molecule has 19 heavy (non-hydrogen) atoms. The van der Waals surface area contributed by atoms with Gasteiger partial charge in [0.1, 0.15) is 0 Å². The molecule has 0 spiro atoms. The summed E-state index contributed by atoms with van der Waals surface area (Å²) in [6, 6.07) is 11.2. The van der Waals surface area contributed by atoms with E-state index in [1.165, 1.54) is 5.69 Å². The van der Waals surface area contributed by atoms with Crippen LogP contribution in [0.2, 0.25) is 0 Å². The van der Waals surface area contributed by atoms with Crippen LogP contribution < -0.4 is 4.90 Å². The molecule has 2 saturated heterocycles. The molecule has 4 nitrogen and oxygen atoms in total. The van der Waals surface area contributed by atoms with Crippen LogP contribution in [-0.2, 0) is 0 Å². The summed E-state index contributed by atoms with van der Waals surface area (Å²) < 4.78 is 0. The Morgan fingerprint density at radius 3 is 2.26 bits per heavy atom. The highest BCUT2D eigenvalue weighted by molar-refractivity contribution is 5.76. The van der Waals surface area contributed by atoms with Gasteiger partial charge in [0.05, 0.1) is 0 Å². The second kappa shape index (κ2) is 5.11. The van der Waals surface area contributed by atoms with Crippen molar-refractivity contribution in [2.75, 3.05) is 38.1 Å². The van der Waals surface area contributed by atoms with Gasteiger partial charge in [-0.25, -0.2) is 4.79 Å². The van der Waals surface area contributed by atoms with Crippen LogP contribution in [0.3, 0.4) is 0 Å². The zero-order valence-corrected chi connectivity index (χ0v) is 11.5. The molecule has 2 amide bonds. The Morgan fingerprint density at radius 2 is 1.68 bits per heavy atom. The molecule has 3 rings (SSSR count). The van der Waals surface area contributed by atoms with E-state index >= 15 is 0 Å². The summed E-state index contributed by atoms with van der Waals surface area (Å²) >= 11 is 0. The molecule has 0 atom stereocenters. The lowest BCUT2D eigenvalue weighted by atomic mass is 10.0. The average molecular weight is 259 g/mol. The number of benzene rings is 1. The van der Waals surface area contributed by atoms with Gasteiger partial charge in [-0.05, 0) is 25.0 Å². The van der Waals surface area contributed by atoms with Gasteiger partial charge in [-0.15, -0.1) is 0 Å². The number of hydrogen-bond donors (Lipinski definition) is 0. The lowest BCUT2D eigenvalue weighted by Gasteiger charge is -2.37. The van der Waals surface area contributed by atoms with E-state index in [0.717, 1.165) is 39.0 Å². The summed E-state index contributed by atoms with van der Waals surface area (Å²) in [4.78, 5) is 18.3. The highest BCUT2D eigenvalue weighted by atomic mass is 16.2. The maximum atomic E-state index is 12.0. The molecule has 0 saturated carbocycles. The molecule has 2 fully saturated rings. The Bertz CT molecular complexity index is 440. The van der Waals surface area contributed by atoms with Crippen LogP contribution in [0, 0.1) is 0 Å². The van der Waals surface area contributed by atoms with Crippen LogP contribution in [0.15, 0.2) is 30.3 Å². The second-order valence-electron chi connectivity index (χ2n) is 5.45. The van der Waals surface area contributed by atoms with Crippen molar-refractivity contribution in [3.8, 4) is 0 Å². The number of amides is 2.